The lowest BCUT2D eigenvalue weighted by Gasteiger charge is -2.36. The van der Waals surface area contributed by atoms with Crippen molar-refractivity contribution in [3.8, 4) is 17.2 Å². The van der Waals surface area contributed by atoms with Crippen LogP contribution in [0.5, 0.6) is 0 Å². The first-order valence-corrected chi connectivity index (χ1v) is 9.88. The van der Waals surface area contributed by atoms with E-state index in [9.17, 15) is 0 Å². The minimum Gasteiger partial charge on any atom is -1.00 e. The monoisotopic (exact) mass is 426 g/mol. The summed E-state index contributed by atoms with van der Waals surface area (Å²) in [6.45, 7) is 5.60. The summed E-state index contributed by atoms with van der Waals surface area (Å²) in [5, 5.41) is 2.59. The molecular weight excluding hydrogens is 400 g/mol. The molecular formula is C23H27BrN2O. The Hall–Kier alpha value is -1.78. The van der Waals surface area contributed by atoms with Crippen LogP contribution in [0.4, 0.5) is 0 Å². The highest BCUT2D eigenvalue weighted by Gasteiger charge is 2.44. The van der Waals surface area contributed by atoms with Gasteiger partial charge in [-0.1, -0.05) is 37.3 Å². The third-order valence-electron chi connectivity index (χ3n) is 6.63. The lowest BCUT2D eigenvalue weighted by atomic mass is 9.75. The maximum Gasteiger partial charge on any atom is 0.213 e. The number of aromatic nitrogens is 1. The van der Waals surface area contributed by atoms with Crippen LogP contribution in [0.3, 0.4) is 0 Å². The van der Waals surface area contributed by atoms with E-state index in [2.05, 4.69) is 72.4 Å². The fraction of sp³-hybridized carbons (Fsp3) is 0.391. The number of quaternary nitrogens is 1. The number of halogens is 1. The summed E-state index contributed by atoms with van der Waals surface area (Å²) < 4.78 is 8.81. The molecule has 0 bridgehead atoms. The number of nitrogens with zero attached hydrogens (tertiary/aromatic N) is 1. The van der Waals surface area contributed by atoms with Crippen molar-refractivity contribution in [3.05, 3.63) is 65.5 Å². The van der Waals surface area contributed by atoms with Crippen LogP contribution in [-0.4, -0.2) is 4.57 Å². The normalized spacial score (nSPS) is 24.0. The van der Waals surface area contributed by atoms with E-state index >= 15 is 0 Å². The molecule has 3 aromatic rings. The van der Waals surface area contributed by atoms with Crippen molar-refractivity contribution in [2.24, 2.45) is 5.92 Å². The zero-order valence-corrected chi connectivity index (χ0v) is 17.6. The Kier molecular flexibility index (Phi) is 4.81. The molecule has 3 heterocycles. The number of furan rings is 1. The van der Waals surface area contributed by atoms with Gasteiger partial charge in [0.05, 0.1) is 11.3 Å². The molecule has 1 aliphatic heterocycles. The predicted molar refractivity (Wildman–Crippen MR) is 103 cm³/mol. The van der Waals surface area contributed by atoms with Gasteiger partial charge in [0.2, 0.25) is 5.88 Å². The van der Waals surface area contributed by atoms with Crippen LogP contribution in [0, 0.1) is 12.8 Å². The van der Waals surface area contributed by atoms with Gasteiger partial charge in [0.1, 0.15) is 17.8 Å². The summed E-state index contributed by atoms with van der Waals surface area (Å²) >= 11 is 0. The molecule has 1 aromatic carbocycles. The Morgan fingerprint density at radius 2 is 1.81 bits per heavy atom. The quantitative estimate of drug-likeness (QED) is 0.628. The Morgan fingerprint density at radius 3 is 2.56 bits per heavy atom. The SMILES string of the molecule is Cc1c(-c2ccccc2)oc2c1C[NH2+]C1(CCC(C)CC1)c1cccn1-2.[Br-]. The number of rotatable bonds is 1. The number of benzene rings is 1. The van der Waals surface area contributed by atoms with E-state index in [1.165, 1.54) is 42.5 Å². The van der Waals surface area contributed by atoms with E-state index in [0.717, 1.165) is 29.7 Å². The fourth-order valence-electron chi connectivity index (χ4n) is 4.94. The van der Waals surface area contributed by atoms with Crippen molar-refractivity contribution >= 4 is 0 Å². The molecule has 2 aliphatic rings. The molecule has 4 heteroatoms. The number of hydrogen-bond donors (Lipinski definition) is 1. The maximum absolute atomic E-state index is 6.49. The molecule has 142 valence electrons. The zero-order valence-electron chi connectivity index (χ0n) is 16.0. The standard InChI is InChI=1S/C23H26N2O.BrH/c1-16-10-12-23(13-11-16)20-9-6-14-25(20)22-19(15-24-23)17(2)21(26-22)18-7-4-3-5-8-18;/h3-9,14,16,24H,10-13,15H2,1-2H3;1H. The summed E-state index contributed by atoms with van der Waals surface area (Å²) in [4.78, 5) is 0. The molecule has 1 spiro atoms. The zero-order chi connectivity index (χ0) is 17.7. The van der Waals surface area contributed by atoms with Crippen molar-refractivity contribution in [2.75, 3.05) is 0 Å². The van der Waals surface area contributed by atoms with Crippen molar-refractivity contribution in [1.29, 1.82) is 0 Å². The number of hydrogen-bond acceptors (Lipinski definition) is 1. The van der Waals surface area contributed by atoms with Gasteiger partial charge in [0.15, 0.2) is 0 Å². The van der Waals surface area contributed by atoms with Gasteiger partial charge in [-0.05, 0) is 37.8 Å². The van der Waals surface area contributed by atoms with E-state index in [4.69, 9.17) is 4.42 Å². The average molecular weight is 427 g/mol. The van der Waals surface area contributed by atoms with Gasteiger partial charge in [-0.2, -0.15) is 0 Å². The van der Waals surface area contributed by atoms with Gasteiger partial charge >= 0.3 is 0 Å². The fourth-order valence-corrected chi connectivity index (χ4v) is 4.94. The van der Waals surface area contributed by atoms with Crippen molar-refractivity contribution in [1.82, 2.24) is 4.57 Å². The second kappa shape index (κ2) is 6.99. The lowest BCUT2D eigenvalue weighted by molar-refractivity contribution is -0.754. The highest BCUT2D eigenvalue weighted by Crippen LogP contribution is 2.41. The van der Waals surface area contributed by atoms with Gasteiger partial charge in [0.25, 0.3) is 0 Å². The first kappa shape index (κ1) is 18.6. The third kappa shape index (κ3) is 2.90. The van der Waals surface area contributed by atoms with Crippen LogP contribution in [0.2, 0.25) is 0 Å². The summed E-state index contributed by atoms with van der Waals surface area (Å²) in [7, 11) is 0. The molecule has 0 unspecified atom stereocenters. The first-order chi connectivity index (χ1) is 12.7. The topological polar surface area (TPSA) is 34.7 Å². The van der Waals surface area contributed by atoms with Crippen molar-refractivity contribution in [2.45, 2.75) is 51.6 Å². The highest BCUT2D eigenvalue weighted by molar-refractivity contribution is 5.65. The van der Waals surface area contributed by atoms with Crippen LogP contribution in [0.15, 0.2) is 53.1 Å². The maximum atomic E-state index is 6.49. The van der Waals surface area contributed by atoms with Gasteiger partial charge in [-0.25, -0.2) is 0 Å². The lowest BCUT2D eigenvalue weighted by Crippen LogP contribution is -3.00. The number of nitrogens with two attached hydrogens (primary N) is 1. The summed E-state index contributed by atoms with van der Waals surface area (Å²) in [6.07, 6.45) is 7.33. The molecule has 0 saturated heterocycles. The first-order valence-electron chi connectivity index (χ1n) is 9.88. The van der Waals surface area contributed by atoms with E-state index in [1.807, 2.05) is 0 Å². The van der Waals surface area contributed by atoms with Gasteiger partial charge in [-0.3, -0.25) is 4.57 Å². The molecule has 2 N–H and O–H groups in total. The Morgan fingerprint density at radius 1 is 1.07 bits per heavy atom. The molecule has 2 aromatic heterocycles. The molecule has 0 amide bonds. The Balaban J connectivity index is 0.00000180. The Labute approximate surface area is 171 Å². The molecule has 0 radical (unpaired) electrons. The summed E-state index contributed by atoms with van der Waals surface area (Å²) in [6, 6.07) is 15.0. The van der Waals surface area contributed by atoms with Crippen LogP contribution < -0.4 is 22.3 Å². The van der Waals surface area contributed by atoms with E-state index in [-0.39, 0.29) is 22.5 Å². The number of fused-ring (bicyclic) bond motifs is 4. The van der Waals surface area contributed by atoms with Gasteiger partial charge < -0.3 is 26.7 Å². The van der Waals surface area contributed by atoms with Gasteiger partial charge in [-0.15, -0.1) is 0 Å². The van der Waals surface area contributed by atoms with Crippen LogP contribution >= 0.6 is 0 Å². The Bertz CT molecular complexity index is 933. The minimum atomic E-state index is 0. The molecule has 3 nitrogen and oxygen atoms in total. The molecule has 0 atom stereocenters. The smallest absolute Gasteiger partial charge is 0.213 e. The van der Waals surface area contributed by atoms with Crippen molar-refractivity contribution in [3.63, 3.8) is 0 Å². The van der Waals surface area contributed by atoms with E-state index < -0.39 is 0 Å². The summed E-state index contributed by atoms with van der Waals surface area (Å²) in [5.41, 5.74) is 5.40. The predicted octanol–water partition coefficient (Wildman–Crippen LogP) is 1.53. The second-order valence-electron chi connectivity index (χ2n) is 8.22. The van der Waals surface area contributed by atoms with E-state index in [0.29, 0.717) is 0 Å². The van der Waals surface area contributed by atoms with Crippen LogP contribution in [0.1, 0.15) is 49.4 Å². The second-order valence-corrected chi connectivity index (χ2v) is 8.22. The van der Waals surface area contributed by atoms with Gasteiger partial charge in [0, 0.05) is 30.2 Å². The molecule has 1 fully saturated rings. The molecule has 1 aliphatic carbocycles. The van der Waals surface area contributed by atoms with E-state index in [1.54, 1.807) is 0 Å². The molecule has 5 rings (SSSR count). The van der Waals surface area contributed by atoms with Crippen molar-refractivity contribution < 1.29 is 26.7 Å². The highest BCUT2D eigenvalue weighted by atomic mass is 79.9. The minimum absolute atomic E-state index is 0. The third-order valence-corrected chi connectivity index (χ3v) is 6.63. The van der Waals surface area contributed by atoms with Crippen LogP contribution in [0.25, 0.3) is 17.2 Å². The largest absolute Gasteiger partial charge is 1.00 e. The average Bonchev–Trinajstić information content (AvgIpc) is 3.25. The summed E-state index contributed by atoms with van der Waals surface area (Å²) in [5.74, 6) is 2.88. The molecule has 1 saturated carbocycles. The molecule has 27 heavy (non-hydrogen) atoms. The van der Waals surface area contributed by atoms with Crippen LogP contribution in [-0.2, 0) is 12.1 Å².